The normalized spacial score (nSPS) is 10.8. The summed E-state index contributed by atoms with van der Waals surface area (Å²) in [5.74, 6) is 1.78. The van der Waals surface area contributed by atoms with Gasteiger partial charge in [-0.25, -0.2) is 34.0 Å². The molecule has 0 aliphatic carbocycles. The van der Waals surface area contributed by atoms with Crippen molar-refractivity contribution < 1.29 is 0 Å². The number of rotatable bonds is 1. The lowest BCUT2D eigenvalue weighted by atomic mass is 10.4. The van der Waals surface area contributed by atoms with Gasteiger partial charge >= 0.3 is 0 Å². The van der Waals surface area contributed by atoms with Crippen LogP contribution in [0, 0.1) is 27.7 Å². The van der Waals surface area contributed by atoms with Crippen LogP contribution in [-0.4, -0.2) is 84.6 Å². The first kappa shape index (κ1) is 32.6. The van der Waals surface area contributed by atoms with E-state index < -0.39 is 0 Å². The lowest BCUT2D eigenvalue weighted by molar-refractivity contribution is 0.846. The van der Waals surface area contributed by atoms with Crippen LogP contribution in [0.5, 0.6) is 0 Å². The molecule has 0 bridgehead atoms. The molecule has 0 aliphatic heterocycles. The van der Waals surface area contributed by atoms with Crippen molar-refractivity contribution in [3.05, 3.63) is 106 Å². The summed E-state index contributed by atoms with van der Waals surface area (Å²) in [5, 5.41) is 16.4. The number of nitrogens with zero attached hydrogens (tertiary/aromatic N) is 12. The molecule has 0 saturated heterocycles. The van der Waals surface area contributed by atoms with Gasteiger partial charge in [0.2, 0.25) is 11.6 Å². The summed E-state index contributed by atoms with van der Waals surface area (Å²) in [5.41, 5.74) is 2.24. The maximum absolute atomic E-state index is 11.4. The van der Waals surface area contributed by atoms with Gasteiger partial charge in [-0.05, 0) is 49.9 Å². The van der Waals surface area contributed by atoms with Crippen LogP contribution in [0.25, 0.3) is 23.1 Å². The quantitative estimate of drug-likeness (QED) is 0.167. The van der Waals surface area contributed by atoms with Crippen molar-refractivity contribution in [1.82, 2.24) is 78.3 Å². The maximum atomic E-state index is 11.4. The van der Waals surface area contributed by atoms with E-state index in [1.165, 1.54) is 62.4 Å². The molecule has 0 amide bonds. The molecule has 0 fully saturated rings. The first-order valence-corrected chi connectivity index (χ1v) is 15.3. The lowest BCUT2D eigenvalue weighted by Crippen LogP contribution is -2.17. The zero-order chi connectivity index (χ0) is 33.8. The van der Waals surface area contributed by atoms with E-state index in [1.54, 1.807) is 32.2 Å². The second-order valence-electron chi connectivity index (χ2n) is 9.50. The SMILES string of the molecule is CSc1nc2nc(C)cc(=O)n2[nH]1.Cc1cc(=O)[nH]c2ncnn12.Cc1cc(=O)n2cn[nH]c2n1.Cc1nc2nc[nH]n2c(=O)c1Br. The number of fused-ring (bicyclic) bond motifs is 4. The maximum Gasteiger partial charge on any atom is 0.288 e. The molecule has 0 atom stereocenters. The Morgan fingerprint density at radius 2 is 1.57 bits per heavy atom. The second-order valence-corrected chi connectivity index (χ2v) is 11.1. The minimum atomic E-state index is -0.171. The first-order chi connectivity index (χ1) is 22.4. The van der Waals surface area contributed by atoms with E-state index in [0.717, 1.165) is 5.69 Å². The van der Waals surface area contributed by atoms with Gasteiger partial charge in [0, 0.05) is 35.3 Å². The molecule has 0 aromatic carbocycles. The third-order valence-corrected chi connectivity index (χ3v) is 7.53. The molecule has 8 heterocycles. The van der Waals surface area contributed by atoms with Crippen molar-refractivity contribution in [2.24, 2.45) is 0 Å². The highest BCUT2D eigenvalue weighted by atomic mass is 79.9. The zero-order valence-corrected chi connectivity index (χ0v) is 27.7. The van der Waals surface area contributed by atoms with E-state index in [9.17, 15) is 19.2 Å². The molecule has 22 heteroatoms. The molecule has 0 unspecified atom stereocenters. The van der Waals surface area contributed by atoms with Crippen LogP contribution in [0.15, 0.2) is 66.0 Å². The van der Waals surface area contributed by atoms with Crippen molar-refractivity contribution >= 4 is 50.8 Å². The molecule has 8 aromatic heterocycles. The summed E-state index contributed by atoms with van der Waals surface area (Å²) in [6, 6.07) is 4.40. The summed E-state index contributed by atoms with van der Waals surface area (Å²) in [7, 11) is 0. The smallest absolute Gasteiger partial charge is 0.288 e. The van der Waals surface area contributed by atoms with Crippen molar-refractivity contribution in [2.75, 3.05) is 6.26 Å². The molecule has 0 spiro atoms. The van der Waals surface area contributed by atoms with Gasteiger partial charge in [0.1, 0.15) is 23.5 Å². The molecule has 0 aliphatic rings. The van der Waals surface area contributed by atoms with E-state index in [2.05, 4.69) is 76.3 Å². The summed E-state index contributed by atoms with van der Waals surface area (Å²) < 4.78 is 5.99. The highest BCUT2D eigenvalue weighted by molar-refractivity contribution is 9.10. The summed E-state index contributed by atoms with van der Waals surface area (Å²) >= 11 is 4.58. The van der Waals surface area contributed by atoms with Gasteiger partial charge in [-0.2, -0.15) is 29.2 Å². The number of halogens is 1. The summed E-state index contributed by atoms with van der Waals surface area (Å²) in [6.07, 6.45) is 6.12. The monoisotopic (exact) mass is 724 g/mol. The highest BCUT2D eigenvalue weighted by Crippen LogP contribution is 2.08. The van der Waals surface area contributed by atoms with Crippen LogP contribution in [0.3, 0.4) is 0 Å². The van der Waals surface area contributed by atoms with E-state index in [1.807, 2.05) is 6.26 Å². The fourth-order valence-corrected chi connectivity index (χ4v) is 4.55. The lowest BCUT2D eigenvalue weighted by Gasteiger charge is -1.95. The molecule has 47 heavy (non-hydrogen) atoms. The summed E-state index contributed by atoms with van der Waals surface area (Å²) in [4.78, 5) is 71.3. The van der Waals surface area contributed by atoms with Gasteiger partial charge in [0.15, 0.2) is 5.16 Å². The number of H-pyrrole nitrogens is 4. The fraction of sp³-hybridized carbons (Fsp3) is 0.200. The van der Waals surface area contributed by atoms with Crippen LogP contribution in [0.2, 0.25) is 0 Å². The molecule has 0 saturated carbocycles. The highest BCUT2D eigenvalue weighted by Gasteiger charge is 2.07. The van der Waals surface area contributed by atoms with Crippen molar-refractivity contribution in [3.8, 4) is 0 Å². The standard InChI is InChI=1S/C7H8N4OS.C6H5BrN4O.2C6H6N4O/c1-4-3-5(12)11-6(8-4)9-7(10-11)13-2;1-3-4(7)5(12)11-6(10-3)8-2-9-11;1-4-2-5(11)10-3-7-9-6(10)8-4;1-4-2-5(11)9-6-7-3-8-10(4)6/h3H,1-2H3,(H,8,9,10);2H,1H3,(H,8,9,10);2-3H,1H3,(H,8,9);2-3H,1H3,(H,7,8,9,11). The Hall–Kier alpha value is -5.77. The zero-order valence-electron chi connectivity index (χ0n) is 25.2. The average molecular weight is 726 g/mol. The van der Waals surface area contributed by atoms with Crippen molar-refractivity contribution in [2.45, 2.75) is 32.9 Å². The number of thioether (sulfide) groups is 1. The topological polar surface area (TPSA) is 252 Å². The molecule has 0 radical (unpaired) electrons. The predicted molar refractivity (Wildman–Crippen MR) is 173 cm³/mol. The van der Waals surface area contributed by atoms with E-state index >= 15 is 0 Å². The number of aromatic amines is 4. The molecule has 4 N–H and O–H groups in total. The Bertz CT molecular complexity index is 2590. The van der Waals surface area contributed by atoms with Crippen molar-refractivity contribution in [1.29, 1.82) is 0 Å². The fourth-order valence-electron chi connectivity index (χ4n) is 3.93. The number of aromatic nitrogens is 16. The molecular formula is C25H25BrN16O4S. The minimum absolute atomic E-state index is 0.110. The largest absolute Gasteiger partial charge is 0.291 e. The molecule has 242 valence electrons. The Labute approximate surface area is 273 Å². The Morgan fingerprint density at radius 1 is 0.830 bits per heavy atom. The first-order valence-electron chi connectivity index (χ1n) is 13.3. The van der Waals surface area contributed by atoms with Gasteiger partial charge < -0.3 is 0 Å². The van der Waals surface area contributed by atoms with Crippen LogP contribution in [0.4, 0.5) is 0 Å². The Kier molecular flexibility index (Phi) is 9.51. The minimum Gasteiger partial charge on any atom is -0.291 e. The van der Waals surface area contributed by atoms with E-state index in [0.29, 0.717) is 49.8 Å². The Balaban J connectivity index is 0.000000123. The van der Waals surface area contributed by atoms with E-state index in [-0.39, 0.29) is 22.2 Å². The molecular weight excluding hydrogens is 700 g/mol. The van der Waals surface area contributed by atoms with Gasteiger partial charge in [0.25, 0.3) is 33.8 Å². The average Bonchev–Trinajstić information content (AvgIpc) is 3.83. The molecule has 8 rings (SSSR count). The molecule has 20 nitrogen and oxygen atoms in total. The third-order valence-electron chi connectivity index (χ3n) is 6.05. The predicted octanol–water partition coefficient (Wildman–Crippen LogP) is 0.388. The number of hydrogen-bond acceptors (Lipinski definition) is 13. The van der Waals surface area contributed by atoms with Gasteiger partial charge in [-0.1, -0.05) is 11.8 Å². The number of aryl methyl sites for hydroxylation is 4. The van der Waals surface area contributed by atoms with E-state index in [4.69, 9.17) is 0 Å². The molecule has 8 aromatic rings. The van der Waals surface area contributed by atoms with Crippen LogP contribution < -0.4 is 22.2 Å². The van der Waals surface area contributed by atoms with Gasteiger partial charge in [0.05, 0.1) is 5.69 Å². The summed E-state index contributed by atoms with van der Waals surface area (Å²) in [6.45, 7) is 7.09. The van der Waals surface area contributed by atoms with Crippen LogP contribution >= 0.6 is 27.7 Å². The van der Waals surface area contributed by atoms with Crippen LogP contribution in [-0.2, 0) is 0 Å². The second kappa shape index (κ2) is 13.7. The number of nitrogens with one attached hydrogen (secondary N) is 4. The van der Waals surface area contributed by atoms with Crippen molar-refractivity contribution in [3.63, 3.8) is 0 Å². The van der Waals surface area contributed by atoms with Crippen LogP contribution in [0.1, 0.15) is 22.8 Å². The number of hydrogen-bond donors (Lipinski definition) is 4. The third kappa shape index (κ3) is 7.22. The Morgan fingerprint density at radius 3 is 2.34 bits per heavy atom. The van der Waals surface area contributed by atoms with Gasteiger partial charge in [-0.15, -0.1) is 0 Å². The van der Waals surface area contributed by atoms with Gasteiger partial charge in [-0.3, -0.25) is 34.4 Å².